The molecule has 0 radical (unpaired) electrons. The van der Waals surface area contributed by atoms with E-state index in [4.69, 9.17) is 4.74 Å². The highest BCUT2D eigenvalue weighted by molar-refractivity contribution is 6.06. The maximum atomic E-state index is 11.5. The van der Waals surface area contributed by atoms with Crippen molar-refractivity contribution < 1.29 is 14.3 Å². The summed E-state index contributed by atoms with van der Waals surface area (Å²) >= 11 is 0. The highest BCUT2D eigenvalue weighted by Crippen LogP contribution is 2.37. The highest BCUT2D eigenvalue weighted by atomic mass is 16.5. The minimum atomic E-state index is -0.329. The Morgan fingerprint density at radius 1 is 1.59 bits per heavy atom. The van der Waals surface area contributed by atoms with Crippen molar-refractivity contribution in [2.24, 2.45) is 0 Å². The normalized spacial score (nSPS) is 13.7. The van der Waals surface area contributed by atoms with Crippen LogP contribution in [0.1, 0.15) is 0 Å². The SMILES string of the molecule is C=CC(=O)Nc1cccc2c1N(C)C(=O)CO2. The van der Waals surface area contributed by atoms with Crippen molar-refractivity contribution in [3.63, 3.8) is 0 Å². The lowest BCUT2D eigenvalue weighted by Gasteiger charge is -2.27. The first-order valence-electron chi connectivity index (χ1n) is 5.09. The molecule has 0 fully saturated rings. The van der Waals surface area contributed by atoms with Gasteiger partial charge in [0.25, 0.3) is 5.91 Å². The van der Waals surface area contributed by atoms with Crippen molar-refractivity contribution in [1.82, 2.24) is 0 Å². The summed E-state index contributed by atoms with van der Waals surface area (Å²) in [5, 5.41) is 2.64. The first-order chi connectivity index (χ1) is 8.13. The summed E-state index contributed by atoms with van der Waals surface area (Å²) in [7, 11) is 1.65. The minimum absolute atomic E-state index is 0.0162. The number of rotatable bonds is 2. The second kappa shape index (κ2) is 4.29. The number of ether oxygens (including phenoxy) is 1. The van der Waals surface area contributed by atoms with E-state index in [0.29, 0.717) is 17.1 Å². The minimum Gasteiger partial charge on any atom is -0.481 e. The Bertz CT molecular complexity index is 497. The lowest BCUT2D eigenvalue weighted by atomic mass is 10.2. The largest absolute Gasteiger partial charge is 0.481 e. The van der Waals surface area contributed by atoms with Gasteiger partial charge in [-0.15, -0.1) is 0 Å². The zero-order chi connectivity index (χ0) is 12.4. The zero-order valence-electron chi connectivity index (χ0n) is 9.40. The fraction of sp³-hybridized carbons (Fsp3) is 0.167. The Labute approximate surface area is 98.7 Å². The average molecular weight is 232 g/mol. The van der Waals surface area contributed by atoms with Crippen LogP contribution in [0.4, 0.5) is 11.4 Å². The molecule has 1 aromatic rings. The van der Waals surface area contributed by atoms with Crippen LogP contribution in [0.2, 0.25) is 0 Å². The van der Waals surface area contributed by atoms with Crippen LogP contribution in [0.25, 0.3) is 0 Å². The van der Waals surface area contributed by atoms with Crippen LogP contribution >= 0.6 is 0 Å². The van der Waals surface area contributed by atoms with Gasteiger partial charge in [-0.25, -0.2) is 0 Å². The van der Waals surface area contributed by atoms with E-state index < -0.39 is 0 Å². The van der Waals surface area contributed by atoms with Crippen LogP contribution in [0.5, 0.6) is 5.75 Å². The molecule has 0 unspecified atom stereocenters. The average Bonchev–Trinajstić information content (AvgIpc) is 2.34. The number of nitrogens with one attached hydrogen (secondary N) is 1. The Hall–Kier alpha value is -2.30. The molecule has 2 amide bonds. The number of benzene rings is 1. The molecule has 1 aliphatic heterocycles. The fourth-order valence-corrected chi connectivity index (χ4v) is 1.63. The third-order valence-corrected chi connectivity index (χ3v) is 2.50. The Kier molecular flexibility index (Phi) is 2.82. The van der Waals surface area contributed by atoms with Gasteiger partial charge in [0.1, 0.15) is 11.4 Å². The molecule has 17 heavy (non-hydrogen) atoms. The smallest absolute Gasteiger partial charge is 0.264 e. The number of likely N-dealkylation sites (N-methyl/N-ethyl adjacent to an activating group) is 1. The number of para-hydroxylation sites is 1. The van der Waals surface area contributed by atoms with E-state index in [0.717, 1.165) is 0 Å². The maximum absolute atomic E-state index is 11.5. The molecule has 2 rings (SSSR count). The van der Waals surface area contributed by atoms with Gasteiger partial charge in [0.15, 0.2) is 6.61 Å². The lowest BCUT2D eigenvalue weighted by molar-refractivity contribution is -0.121. The van der Waals surface area contributed by atoms with Crippen LogP contribution in [-0.4, -0.2) is 25.5 Å². The summed E-state index contributed by atoms with van der Waals surface area (Å²) in [4.78, 5) is 24.3. The monoisotopic (exact) mass is 232 g/mol. The van der Waals surface area contributed by atoms with Crippen molar-refractivity contribution in [2.45, 2.75) is 0 Å². The molecule has 0 saturated carbocycles. The highest BCUT2D eigenvalue weighted by Gasteiger charge is 2.25. The Morgan fingerprint density at radius 3 is 3.06 bits per heavy atom. The Morgan fingerprint density at radius 2 is 2.35 bits per heavy atom. The van der Waals surface area contributed by atoms with Crippen LogP contribution in [-0.2, 0) is 9.59 Å². The van der Waals surface area contributed by atoms with Gasteiger partial charge in [-0.2, -0.15) is 0 Å². The summed E-state index contributed by atoms with van der Waals surface area (Å²) in [5.41, 5.74) is 1.10. The van der Waals surface area contributed by atoms with Gasteiger partial charge < -0.3 is 15.0 Å². The molecule has 5 nitrogen and oxygen atoms in total. The number of fused-ring (bicyclic) bond motifs is 1. The molecule has 88 valence electrons. The summed E-state index contributed by atoms with van der Waals surface area (Å²) in [6, 6.07) is 5.21. The number of hydrogen-bond acceptors (Lipinski definition) is 3. The van der Waals surface area contributed by atoms with Gasteiger partial charge in [0.05, 0.1) is 5.69 Å². The van der Waals surface area contributed by atoms with Gasteiger partial charge in [0.2, 0.25) is 5.91 Å². The van der Waals surface area contributed by atoms with Crippen molar-refractivity contribution in [1.29, 1.82) is 0 Å². The Balaban J connectivity index is 2.44. The third-order valence-electron chi connectivity index (χ3n) is 2.50. The van der Waals surface area contributed by atoms with Gasteiger partial charge in [0, 0.05) is 7.05 Å². The summed E-state index contributed by atoms with van der Waals surface area (Å²) < 4.78 is 5.29. The van der Waals surface area contributed by atoms with E-state index in [1.807, 2.05) is 0 Å². The third kappa shape index (κ3) is 1.99. The topological polar surface area (TPSA) is 58.6 Å². The van der Waals surface area contributed by atoms with E-state index in [1.54, 1.807) is 25.2 Å². The first kappa shape index (κ1) is 11.2. The number of hydrogen-bond donors (Lipinski definition) is 1. The predicted octanol–water partition coefficient (Wildman–Crippen LogP) is 1.17. The standard InChI is InChI=1S/C12H12N2O3/c1-3-10(15)13-8-5-4-6-9-12(8)14(2)11(16)7-17-9/h3-6H,1,7H2,2H3,(H,13,15). The van der Waals surface area contributed by atoms with Crippen LogP contribution in [0.3, 0.4) is 0 Å². The molecule has 0 spiro atoms. The van der Waals surface area contributed by atoms with Crippen LogP contribution < -0.4 is 15.0 Å². The predicted molar refractivity (Wildman–Crippen MR) is 64.2 cm³/mol. The van der Waals surface area contributed by atoms with Gasteiger partial charge in [-0.3, -0.25) is 9.59 Å². The number of carbonyl (C=O) groups is 2. The van der Waals surface area contributed by atoms with Crippen molar-refractivity contribution in [3.05, 3.63) is 30.9 Å². The number of anilines is 2. The van der Waals surface area contributed by atoms with Crippen molar-refractivity contribution in [2.75, 3.05) is 23.9 Å². The first-order valence-corrected chi connectivity index (χ1v) is 5.09. The summed E-state index contributed by atoms with van der Waals surface area (Å²) in [6.07, 6.45) is 1.17. The molecular weight excluding hydrogens is 220 g/mol. The molecule has 0 aromatic heterocycles. The van der Waals surface area contributed by atoms with E-state index in [-0.39, 0.29) is 18.4 Å². The van der Waals surface area contributed by atoms with Crippen LogP contribution in [0, 0.1) is 0 Å². The molecule has 1 N–H and O–H groups in total. The molecule has 0 saturated heterocycles. The van der Waals surface area contributed by atoms with E-state index >= 15 is 0 Å². The lowest BCUT2D eigenvalue weighted by Crippen LogP contribution is -2.36. The van der Waals surface area contributed by atoms with Gasteiger partial charge >= 0.3 is 0 Å². The van der Waals surface area contributed by atoms with Crippen LogP contribution in [0.15, 0.2) is 30.9 Å². The maximum Gasteiger partial charge on any atom is 0.264 e. The number of carbonyl (C=O) groups excluding carboxylic acids is 2. The van der Waals surface area contributed by atoms with Crippen molar-refractivity contribution in [3.8, 4) is 5.75 Å². The van der Waals surface area contributed by atoms with Gasteiger partial charge in [-0.05, 0) is 18.2 Å². The molecule has 0 aliphatic carbocycles. The molecule has 1 heterocycles. The van der Waals surface area contributed by atoms with E-state index in [2.05, 4.69) is 11.9 Å². The summed E-state index contributed by atoms with van der Waals surface area (Å²) in [5.74, 6) is 0.0941. The molecule has 0 atom stereocenters. The second-order valence-electron chi connectivity index (χ2n) is 3.59. The fourth-order valence-electron chi connectivity index (χ4n) is 1.63. The van der Waals surface area contributed by atoms with E-state index in [1.165, 1.54) is 11.0 Å². The number of amides is 2. The van der Waals surface area contributed by atoms with E-state index in [9.17, 15) is 9.59 Å². The molecule has 5 heteroatoms. The van der Waals surface area contributed by atoms with Crippen molar-refractivity contribution >= 4 is 23.2 Å². The molecule has 1 aromatic carbocycles. The zero-order valence-corrected chi connectivity index (χ0v) is 9.40. The molecule has 1 aliphatic rings. The second-order valence-corrected chi connectivity index (χ2v) is 3.59. The number of nitrogens with zero attached hydrogens (tertiary/aromatic N) is 1. The van der Waals surface area contributed by atoms with Gasteiger partial charge in [-0.1, -0.05) is 12.6 Å². The molecular formula is C12H12N2O3. The quantitative estimate of drug-likeness (QED) is 0.778. The summed E-state index contributed by atoms with van der Waals surface area (Å²) in [6.45, 7) is 3.40. The molecule has 0 bridgehead atoms.